The van der Waals surface area contributed by atoms with Crippen LogP contribution in [0.1, 0.15) is 6.42 Å². The molecule has 104 valence electrons. The molecule has 0 aliphatic rings. The van der Waals surface area contributed by atoms with Crippen molar-refractivity contribution in [2.75, 3.05) is 17.6 Å². The molecule has 4 aromatic rings. The third-order valence-corrected chi connectivity index (χ3v) is 4.44. The first-order chi connectivity index (χ1) is 10.4. The predicted octanol–water partition coefficient (Wildman–Crippen LogP) is 5.32. The highest BCUT2D eigenvalue weighted by Gasteiger charge is 2.08. The summed E-state index contributed by atoms with van der Waals surface area (Å²) in [5, 5.41) is 11.5. The number of thiol groups is 1. The van der Waals surface area contributed by atoms with Gasteiger partial charge in [0.15, 0.2) is 0 Å². The topological polar surface area (TPSA) is 12.0 Å². The molecular weight excluding hydrogens is 274 g/mol. The van der Waals surface area contributed by atoms with Crippen LogP contribution in [-0.2, 0) is 0 Å². The van der Waals surface area contributed by atoms with E-state index in [1.54, 1.807) is 0 Å². The number of hydrogen-bond acceptors (Lipinski definition) is 2. The lowest BCUT2D eigenvalue weighted by atomic mass is 9.94. The molecule has 0 aliphatic carbocycles. The highest BCUT2D eigenvalue weighted by Crippen LogP contribution is 2.36. The van der Waals surface area contributed by atoms with Gasteiger partial charge in [0.25, 0.3) is 0 Å². The summed E-state index contributed by atoms with van der Waals surface area (Å²) in [6, 6.07) is 19.9. The van der Waals surface area contributed by atoms with Crippen LogP contribution < -0.4 is 5.32 Å². The van der Waals surface area contributed by atoms with E-state index in [-0.39, 0.29) is 0 Å². The van der Waals surface area contributed by atoms with E-state index in [2.05, 4.69) is 72.5 Å². The number of nitrogens with one attached hydrogen (secondary N) is 1. The molecule has 0 atom stereocenters. The molecule has 0 unspecified atom stereocenters. The molecule has 4 aromatic carbocycles. The quantitative estimate of drug-likeness (QED) is 0.295. The minimum absolute atomic E-state index is 0.918. The number of hydrogen-bond donors (Lipinski definition) is 2. The second kappa shape index (κ2) is 5.12. The van der Waals surface area contributed by atoms with Crippen molar-refractivity contribution < 1.29 is 0 Å². The van der Waals surface area contributed by atoms with Crippen LogP contribution in [0.5, 0.6) is 0 Å². The Bertz CT molecular complexity index is 849. The molecule has 21 heavy (non-hydrogen) atoms. The largest absolute Gasteiger partial charge is 0.385 e. The summed E-state index contributed by atoms with van der Waals surface area (Å²) in [4.78, 5) is 0. The number of rotatable bonds is 4. The Balaban J connectivity index is 1.95. The third kappa shape index (κ3) is 2.11. The molecule has 1 nitrogen and oxygen atoms in total. The standard InChI is InChI=1S/C19H17NS/c21-10-2-9-20-17-11-15-7-5-13-3-1-4-14-6-8-16(12-17)19(15)18(13)14/h1,3-8,11-12,20-21H,2,9-10H2. The Kier molecular flexibility index (Phi) is 3.12. The molecule has 2 heteroatoms. The van der Waals surface area contributed by atoms with Crippen molar-refractivity contribution in [3.63, 3.8) is 0 Å². The zero-order valence-corrected chi connectivity index (χ0v) is 12.7. The Morgan fingerprint density at radius 3 is 1.95 bits per heavy atom. The minimum Gasteiger partial charge on any atom is -0.385 e. The SMILES string of the molecule is SCCCNc1cc2ccc3cccc4ccc(c1)c2c34. The first-order valence-corrected chi connectivity index (χ1v) is 8.02. The van der Waals surface area contributed by atoms with Gasteiger partial charge in [-0.1, -0.05) is 42.5 Å². The van der Waals surface area contributed by atoms with Gasteiger partial charge in [0, 0.05) is 12.2 Å². The summed E-state index contributed by atoms with van der Waals surface area (Å²) >= 11 is 4.26. The van der Waals surface area contributed by atoms with Crippen molar-refractivity contribution in [1.29, 1.82) is 0 Å². The maximum Gasteiger partial charge on any atom is 0.0352 e. The summed E-state index contributed by atoms with van der Waals surface area (Å²) in [5.41, 5.74) is 1.20. The molecule has 0 saturated heterocycles. The van der Waals surface area contributed by atoms with Crippen LogP contribution in [0.4, 0.5) is 5.69 Å². The molecule has 0 spiro atoms. The maximum absolute atomic E-state index is 4.26. The zero-order chi connectivity index (χ0) is 14.2. The van der Waals surface area contributed by atoms with Gasteiger partial charge in [-0.15, -0.1) is 0 Å². The molecule has 0 aliphatic heterocycles. The van der Waals surface area contributed by atoms with Crippen LogP contribution in [0.15, 0.2) is 54.6 Å². The Labute approximate surface area is 129 Å². The lowest BCUT2D eigenvalue weighted by Gasteiger charge is -2.13. The van der Waals surface area contributed by atoms with E-state index in [1.807, 2.05) is 0 Å². The van der Waals surface area contributed by atoms with Crippen molar-refractivity contribution in [1.82, 2.24) is 0 Å². The summed E-state index contributed by atoms with van der Waals surface area (Å²) in [6.07, 6.45) is 1.08. The van der Waals surface area contributed by atoms with Gasteiger partial charge >= 0.3 is 0 Å². The van der Waals surface area contributed by atoms with Crippen molar-refractivity contribution in [2.45, 2.75) is 6.42 Å². The fourth-order valence-corrected chi connectivity index (χ4v) is 3.33. The number of anilines is 1. The monoisotopic (exact) mass is 291 g/mol. The van der Waals surface area contributed by atoms with Gasteiger partial charge in [0.1, 0.15) is 0 Å². The maximum atomic E-state index is 4.26. The van der Waals surface area contributed by atoms with Gasteiger partial charge in [-0.2, -0.15) is 12.6 Å². The van der Waals surface area contributed by atoms with Crippen molar-refractivity contribution in [3.8, 4) is 0 Å². The Morgan fingerprint density at radius 2 is 1.33 bits per heavy atom. The first-order valence-electron chi connectivity index (χ1n) is 7.39. The lowest BCUT2D eigenvalue weighted by molar-refractivity contribution is 0.996. The minimum atomic E-state index is 0.918. The van der Waals surface area contributed by atoms with E-state index in [1.165, 1.54) is 38.0 Å². The fraction of sp³-hybridized carbons (Fsp3) is 0.158. The zero-order valence-electron chi connectivity index (χ0n) is 11.8. The Hall–Kier alpha value is -1.93. The van der Waals surface area contributed by atoms with Gasteiger partial charge in [0.2, 0.25) is 0 Å². The van der Waals surface area contributed by atoms with Crippen LogP contribution in [0, 0.1) is 0 Å². The first kappa shape index (κ1) is 12.8. The van der Waals surface area contributed by atoms with Crippen molar-refractivity contribution in [2.24, 2.45) is 0 Å². The molecule has 4 rings (SSSR count). The Morgan fingerprint density at radius 1 is 0.762 bits per heavy atom. The fourth-order valence-electron chi connectivity index (χ4n) is 3.17. The smallest absolute Gasteiger partial charge is 0.0352 e. The van der Waals surface area contributed by atoms with Gasteiger partial charge in [0.05, 0.1) is 0 Å². The molecule has 0 heterocycles. The van der Waals surface area contributed by atoms with E-state index >= 15 is 0 Å². The second-order valence-corrected chi connectivity index (χ2v) is 5.96. The van der Waals surface area contributed by atoms with Crippen LogP contribution >= 0.6 is 12.6 Å². The highest BCUT2D eigenvalue weighted by atomic mass is 32.1. The van der Waals surface area contributed by atoms with Gasteiger partial charge in [-0.3, -0.25) is 0 Å². The van der Waals surface area contributed by atoms with Crippen LogP contribution in [-0.4, -0.2) is 12.3 Å². The van der Waals surface area contributed by atoms with Crippen LogP contribution in [0.3, 0.4) is 0 Å². The second-order valence-electron chi connectivity index (χ2n) is 5.51. The summed E-state index contributed by atoms with van der Waals surface area (Å²) in [5.74, 6) is 0.918. The van der Waals surface area contributed by atoms with Crippen LogP contribution in [0.2, 0.25) is 0 Å². The van der Waals surface area contributed by atoms with E-state index < -0.39 is 0 Å². The van der Waals surface area contributed by atoms with Gasteiger partial charge < -0.3 is 5.32 Å². The summed E-state index contributed by atoms with van der Waals surface area (Å²) < 4.78 is 0. The molecule has 0 aromatic heterocycles. The third-order valence-electron chi connectivity index (χ3n) is 4.13. The van der Waals surface area contributed by atoms with Crippen molar-refractivity contribution >= 4 is 50.6 Å². The highest BCUT2D eigenvalue weighted by molar-refractivity contribution is 7.80. The molecule has 1 N–H and O–H groups in total. The molecular formula is C19H17NS. The predicted molar refractivity (Wildman–Crippen MR) is 97.1 cm³/mol. The summed E-state index contributed by atoms with van der Waals surface area (Å²) in [7, 11) is 0. The van der Waals surface area contributed by atoms with E-state index in [9.17, 15) is 0 Å². The van der Waals surface area contributed by atoms with Crippen molar-refractivity contribution in [3.05, 3.63) is 54.6 Å². The summed E-state index contributed by atoms with van der Waals surface area (Å²) in [6.45, 7) is 0.969. The van der Waals surface area contributed by atoms with E-state index in [0.29, 0.717) is 0 Å². The normalized spacial score (nSPS) is 11.7. The van der Waals surface area contributed by atoms with E-state index in [0.717, 1.165) is 18.7 Å². The molecule has 0 radical (unpaired) electrons. The molecule has 0 fully saturated rings. The van der Waals surface area contributed by atoms with E-state index in [4.69, 9.17) is 0 Å². The van der Waals surface area contributed by atoms with Crippen LogP contribution in [0.25, 0.3) is 32.3 Å². The average Bonchev–Trinajstić information content (AvgIpc) is 2.53. The van der Waals surface area contributed by atoms with Gasteiger partial charge in [-0.25, -0.2) is 0 Å². The lowest BCUT2D eigenvalue weighted by Crippen LogP contribution is -2.01. The number of benzene rings is 4. The molecule has 0 saturated carbocycles. The molecule has 0 bridgehead atoms. The average molecular weight is 291 g/mol. The molecule has 0 amide bonds. The van der Waals surface area contributed by atoms with Gasteiger partial charge in [-0.05, 0) is 56.6 Å².